The first-order valence-electron chi connectivity index (χ1n) is 12.8. The minimum Gasteiger partial charge on any atom is -0.356 e. The number of rotatable bonds is 4. The number of hydrogen-bond donors (Lipinski definition) is 2. The molecule has 7 nitrogen and oxygen atoms in total. The number of pyridine rings is 2. The Morgan fingerprint density at radius 2 is 1.86 bits per heavy atom. The normalized spacial score (nSPS) is 17.2. The highest BCUT2D eigenvalue weighted by molar-refractivity contribution is 6.12. The number of nitrogens with zero attached hydrogens (tertiary/aromatic N) is 5. The van der Waals surface area contributed by atoms with Gasteiger partial charge in [0, 0.05) is 47.2 Å². The number of halogens is 1. The Morgan fingerprint density at radius 3 is 2.67 bits per heavy atom. The van der Waals surface area contributed by atoms with Crippen LogP contribution in [-0.4, -0.2) is 51.1 Å². The summed E-state index contributed by atoms with van der Waals surface area (Å²) >= 11 is 0. The van der Waals surface area contributed by atoms with E-state index >= 15 is 0 Å². The highest BCUT2D eigenvalue weighted by Crippen LogP contribution is 2.43. The van der Waals surface area contributed by atoms with E-state index in [0.717, 1.165) is 59.0 Å². The van der Waals surface area contributed by atoms with Gasteiger partial charge in [0.05, 0.1) is 17.2 Å². The van der Waals surface area contributed by atoms with Crippen LogP contribution >= 0.6 is 0 Å². The Morgan fingerprint density at radius 1 is 1.00 bits per heavy atom. The zero-order valence-electron chi connectivity index (χ0n) is 20.3. The van der Waals surface area contributed by atoms with Crippen LogP contribution < -0.4 is 10.2 Å². The Hall–Kier alpha value is -3.65. The molecule has 2 aliphatic rings. The van der Waals surface area contributed by atoms with Crippen LogP contribution in [0, 0.1) is 5.82 Å². The van der Waals surface area contributed by atoms with Gasteiger partial charge < -0.3 is 15.2 Å². The largest absolute Gasteiger partial charge is 0.356 e. The van der Waals surface area contributed by atoms with Crippen molar-refractivity contribution in [3.05, 3.63) is 54.2 Å². The fourth-order valence-electron chi connectivity index (χ4n) is 5.84. The third kappa shape index (κ3) is 3.43. The minimum atomic E-state index is -0.280. The number of piperidine rings is 1. The van der Waals surface area contributed by atoms with Gasteiger partial charge in [-0.1, -0.05) is 6.42 Å². The molecular weight excluding hydrogens is 453 g/mol. The number of benzene rings is 1. The van der Waals surface area contributed by atoms with E-state index in [9.17, 15) is 4.39 Å². The second-order valence-corrected chi connectivity index (χ2v) is 10.1. The van der Waals surface area contributed by atoms with Gasteiger partial charge in [0.15, 0.2) is 5.82 Å². The zero-order valence-corrected chi connectivity index (χ0v) is 20.3. The third-order valence-electron chi connectivity index (χ3n) is 8.05. The molecule has 0 radical (unpaired) electrons. The number of anilines is 1. The molecule has 7 rings (SSSR count). The van der Waals surface area contributed by atoms with Crippen molar-refractivity contribution in [2.45, 2.75) is 44.1 Å². The van der Waals surface area contributed by atoms with Crippen LogP contribution in [0.25, 0.3) is 44.2 Å². The maximum absolute atomic E-state index is 13.9. The summed E-state index contributed by atoms with van der Waals surface area (Å²) < 4.78 is 13.9. The first-order chi connectivity index (χ1) is 17.7. The van der Waals surface area contributed by atoms with Crippen molar-refractivity contribution in [2.75, 3.05) is 25.0 Å². The van der Waals surface area contributed by atoms with E-state index in [2.05, 4.69) is 32.2 Å². The molecule has 5 aromatic rings. The van der Waals surface area contributed by atoms with Gasteiger partial charge in [0.25, 0.3) is 0 Å². The molecule has 1 aliphatic heterocycles. The molecule has 2 fully saturated rings. The van der Waals surface area contributed by atoms with Crippen molar-refractivity contribution in [3.8, 4) is 11.4 Å². The smallest absolute Gasteiger partial charge is 0.163 e. The van der Waals surface area contributed by atoms with E-state index in [4.69, 9.17) is 9.97 Å². The maximum Gasteiger partial charge on any atom is 0.163 e. The predicted molar refractivity (Wildman–Crippen MR) is 141 cm³/mol. The first-order valence-corrected chi connectivity index (χ1v) is 12.8. The Balaban J connectivity index is 1.48. The predicted octanol–water partition coefficient (Wildman–Crippen LogP) is 5.32. The summed E-state index contributed by atoms with van der Waals surface area (Å²) in [6.07, 6.45) is 11.4. The highest BCUT2D eigenvalue weighted by atomic mass is 19.1. The molecule has 0 unspecified atom stereocenters. The molecule has 5 heterocycles. The van der Waals surface area contributed by atoms with Gasteiger partial charge in [-0.25, -0.2) is 19.3 Å². The van der Waals surface area contributed by atoms with E-state index in [1.165, 1.54) is 37.0 Å². The summed E-state index contributed by atoms with van der Waals surface area (Å²) in [5, 5.41) is 6.42. The number of H-pyrrole nitrogens is 1. The number of hydrogen-bond acceptors (Lipinski definition) is 6. The van der Waals surface area contributed by atoms with Crippen LogP contribution in [-0.2, 0) is 0 Å². The van der Waals surface area contributed by atoms with Gasteiger partial charge in [-0.15, -0.1) is 0 Å². The van der Waals surface area contributed by atoms with Crippen LogP contribution in [0.2, 0.25) is 0 Å². The number of aromatic nitrogens is 5. The van der Waals surface area contributed by atoms with Crippen molar-refractivity contribution in [2.24, 2.45) is 0 Å². The number of aromatic amines is 1. The highest BCUT2D eigenvalue weighted by Gasteiger charge is 2.28. The van der Waals surface area contributed by atoms with Gasteiger partial charge in [-0.3, -0.25) is 4.98 Å². The second kappa shape index (κ2) is 8.48. The third-order valence-corrected chi connectivity index (χ3v) is 8.05. The standard InChI is InChI=1S/C28H28FN7/c1-36(18-7-10-30-11-8-18)28-25-21(16-3-2-4-16)14-31-15-23(25)34-26(35-28)20-9-12-32-27-24(20)19-6-5-17(29)13-22(19)33-27/h5-6,9,12-16,18,30H,2-4,7-8,10-11H2,1H3,(H,32,33). The summed E-state index contributed by atoms with van der Waals surface area (Å²) in [6.45, 7) is 2.03. The maximum atomic E-state index is 13.9. The number of fused-ring (bicyclic) bond motifs is 4. The van der Waals surface area contributed by atoms with E-state index in [0.29, 0.717) is 28.9 Å². The number of nitrogens with one attached hydrogen (secondary N) is 2. The van der Waals surface area contributed by atoms with Gasteiger partial charge in [0.1, 0.15) is 17.3 Å². The van der Waals surface area contributed by atoms with Crippen LogP contribution in [0.5, 0.6) is 0 Å². The lowest BCUT2D eigenvalue weighted by Gasteiger charge is -2.34. The molecular formula is C28H28FN7. The molecule has 8 heteroatoms. The summed E-state index contributed by atoms with van der Waals surface area (Å²) in [4.78, 5) is 25.0. The molecule has 1 aromatic carbocycles. The summed E-state index contributed by atoms with van der Waals surface area (Å²) in [5.41, 5.74) is 4.44. The van der Waals surface area contributed by atoms with Gasteiger partial charge in [-0.2, -0.15) is 0 Å². The monoisotopic (exact) mass is 481 g/mol. The van der Waals surface area contributed by atoms with Crippen LogP contribution in [0.15, 0.2) is 42.9 Å². The Labute approximate surface area is 208 Å². The average molecular weight is 482 g/mol. The van der Waals surface area contributed by atoms with Gasteiger partial charge >= 0.3 is 0 Å². The summed E-state index contributed by atoms with van der Waals surface area (Å²) in [7, 11) is 2.17. The Kier molecular flexibility index (Phi) is 5.09. The first kappa shape index (κ1) is 21.6. The van der Waals surface area contributed by atoms with Crippen LogP contribution in [0.4, 0.5) is 10.2 Å². The molecule has 1 saturated heterocycles. The fraction of sp³-hybridized carbons (Fsp3) is 0.357. The molecule has 4 aromatic heterocycles. The van der Waals surface area contributed by atoms with E-state index < -0.39 is 0 Å². The van der Waals surface area contributed by atoms with Crippen molar-refractivity contribution >= 4 is 38.7 Å². The van der Waals surface area contributed by atoms with E-state index in [-0.39, 0.29) is 5.82 Å². The molecule has 182 valence electrons. The lowest BCUT2D eigenvalue weighted by Crippen LogP contribution is -2.41. The lowest BCUT2D eigenvalue weighted by molar-refractivity contribution is 0.421. The van der Waals surface area contributed by atoms with E-state index in [1.807, 2.05) is 18.5 Å². The lowest BCUT2D eigenvalue weighted by atomic mass is 9.79. The van der Waals surface area contributed by atoms with Crippen molar-refractivity contribution in [1.82, 2.24) is 30.2 Å². The second-order valence-electron chi connectivity index (χ2n) is 10.1. The average Bonchev–Trinajstić information content (AvgIpc) is 3.25. The molecule has 1 aliphatic carbocycles. The zero-order chi connectivity index (χ0) is 24.2. The Bertz CT molecular complexity index is 1600. The topological polar surface area (TPSA) is 82.6 Å². The molecule has 0 spiro atoms. The molecule has 1 saturated carbocycles. The molecule has 0 atom stereocenters. The molecule has 2 N–H and O–H groups in total. The van der Waals surface area contributed by atoms with Crippen LogP contribution in [0.3, 0.4) is 0 Å². The molecule has 0 amide bonds. The van der Waals surface area contributed by atoms with Gasteiger partial charge in [0.2, 0.25) is 0 Å². The van der Waals surface area contributed by atoms with Crippen molar-refractivity contribution in [1.29, 1.82) is 0 Å². The summed E-state index contributed by atoms with van der Waals surface area (Å²) in [5.74, 6) is 1.86. The SMILES string of the molecule is CN(c1nc(-c2ccnc3[nH]c4cc(F)ccc4c23)nc2cncc(C3CCC3)c12)C1CCNCC1. The summed E-state index contributed by atoms with van der Waals surface area (Å²) in [6, 6.07) is 7.16. The molecule has 36 heavy (non-hydrogen) atoms. The van der Waals surface area contributed by atoms with Crippen molar-refractivity contribution in [3.63, 3.8) is 0 Å². The van der Waals surface area contributed by atoms with Crippen molar-refractivity contribution < 1.29 is 4.39 Å². The molecule has 0 bridgehead atoms. The minimum absolute atomic E-state index is 0.280. The van der Waals surface area contributed by atoms with Crippen LogP contribution in [0.1, 0.15) is 43.6 Å². The quantitative estimate of drug-likeness (QED) is 0.362. The van der Waals surface area contributed by atoms with E-state index in [1.54, 1.807) is 12.3 Å². The fourth-order valence-corrected chi connectivity index (χ4v) is 5.84. The van der Waals surface area contributed by atoms with Gasteiger partial charge in [-0.05, 0) is 74.5 Å².